The largest absolute Gasteiger partial charge is 0.485 e. The zero-order valence-corrected chi connectivity index (χ0v) is 10.6. The van der Waals surface area contributed by atoms with Gasteiger partial charge in [-0.2, -0.15) is 0 Å². The van der Waals surface area contributed by atoms with Gasteiger partial charge in [0, 0.05) is 0 Å². The normalized spacial score (nSPS) is 17.3. The fraction of sp³-hybridized carbons (Fsp3) is 0.417. The molecule has 1 saturated carbocycles. The van der Waals surface area contributed by atoms with Gasteiger partial charge in [-0.1, -0.05) is 29.3 Å². The molecule has 0 amide bonds. The van der Waals surface area contributed by atoms with Crippen molar-refractivity contribution in [1.29, 1.82) is 0 Å². The molecule has 0 spiro atoms. The minimum absolute atomic E-state index is 0.00412. The van der Waals surface area contributed by atoms with Crippen LogP contribution in [0.4, 0.5) is 0 Å². The van der Waals surface area contributed by atoms with Gasteiger partial charge in [-0.25, -0.2) is 0 Å². The van der Waals surface area contributed by atoms with Crippen molar-refractivity contribution >= 4 is 29.2 Å². The van der Waals surface area contributed by atoms with E-state index in [0.717, 1.165) is 19.3 Å². The quantitative estimate of drug-likeness (QED) is 0.909. The van der Waals surface area contributed by atoms with E-state index >= 15 is 0 Å². The summed E-state index contributed by atoms with van der Waals surface area (Å²) in [6.07, 6.45) is 2.45. The number of ether oxygens (including phenoxy) is 1. The van der Waals surface area contributed by atoms with E-state index in [1.54, 1.807) is 18.2 Å². The van der Waals surface area contributed by atoms with Crippen LogP contribution >= 0.6 is 23.2 Å². The summed E-state index contributed by atoms with van der Waals surface area (Å²) in [6, 6.07) is 5.11. The molecule has 1 fully saturated rings. The molecule has 0 heterocycles. The molecular formula is C12H12Cl2O3. The maximum atomic E-state index is 10.8. The first-order chi connectivity index (χ1) is 8.02. The highest BCUT2D eigenvalue weighted by Crippen LogP contribution is 2.42. The van der Waals surface area contributed by atoms with E-state index in [2.05, 4.69) is 0 Å². The molecule has 17 heavy (non-hydrogen) atoms. The maximum absolute atomic E-state index is 10.8. The van der Waals surface area contributed by atoms with Crippen LogP contribution in [0.25, 0.3) is 0 Å². The first kappa shape index (κ1) is 12.5. The second kappa shape index (κ2) is 4.75. The summed E-state index contributed by atoms with van der Waals surface area (Å²) in [6.45, 7) is 0. The van der Waals surface area contributed by atoms with Gasteiger partial charge in [-0.15, -0.1) is 0 Å². The minimum atomic E-state index is -0.858. The molecule has 0 atom stereocenters. The summed E-state index contributed by atoms with van der Waals surface area (Å²) < 4.78 is 5.76. The monoisotopic (exact) mass is 274 g/mol. The van der Waals surface area contributed by atoms with Gasteiger partial charge < -0.3 is 9.84 Å². The lowest BCUT2D eigenvalue weighted by molar-refractivity contribution is -0.144. The zero-order valence-electron chi connectivity index (χ0n) is 9.08. The fourth-order valence-electron chi connectivity index (χ4n) is 1.96. The number of aliphatic carboxylic acids is 1. The van der Waals surface area contributed by atoms with Gasteiger partial charge in [0.25, 0.3) is 0 Å². The second-order valence-corrected chi connectivity index (χ2v) is 5.05. The van der Waals surface area contributed by atoms with Gasteiger partial charge in [0.2, 0.25) is 0 Å². The number of halogens is 2. The molecule has 1 aliphatic carbocycles. The molecule has 1 N–H and O–H groups in total. The van der Waals surface area contributed by atoms with Crippen LogP contribution in [0.15, 0.2) is 18.2 Å². The highest BCUT2D eigenvalue weighted by molar-refractivity contribution is 6.42. The van der Waals surface area contributed by atoms with E-state index in [4.69, 9.17) is 33.0 Å². The maximum Gasteiger partial charge on any atom is 0.307 e. The molecule has 1 aliphatic rings. The molecule has 0 radical (unpaired) electrons. The average molecular weight is 275 g/mol. The number of hydrogen-bond donors (Lipinski definition) is 1. The molecule has 0 unspecified atom stereocenters. The van der Waals surface area contributed by atoms with Crippen LogP contribution < -0.4 is 4.74 Å². The third-order valence-corrected chi connectivity index (χ3v) is 3.78. The van der Waals surface area contributed by atoms with Crippen LogP contribution in [0.5, 0.6) is 5.75 Å². The Morgan fingerprint density at radius 2 is 2.12 bits per heavy atom. The van der Waals surface area contributed by atoms with E-state index in [0.29, 0.717) is 15.8 Å². The van der Waals surface area contributed by atoms with Crippen molar-refractivity contribution < 1.29 is 14.6 Å². The summed E-state index contributed by atoms with van der Waals surface area (Å²) in [5, 5.41) is 9.63. The van der Waals surface area contributed by atoms with Crippen LogP contribution in [-0.4, -0.2) is 16.7 Å². The van der Waals surface area contributed by atoms with Crippen molar-refractivity contribution in [3.8, 4) is 5.75 Å². The average Bonchev–Trinajstić information content (AvgIpc) is 2.21. The summed E-state index contributed by atoms with van der Waals surface area (Å²) in [5.74, 6) is -0.400. The fourth-order valence-corrected chi connectivity index (χ4v) is 2.29. The number of hydrogen-bond acceptors (Lipinski definition) is 2. The van der Waals surface area contributed by atoms with Crippen molar-refractivity contribution in [2.45, 2.75) is 31.3 Å². The Morgan fingerprint density at radius 3 is 2.65 bits per heavy atom. The van der Waals surface area contributed by atoms with Crippen molar-refractivity contribution in [1.82, 2.24) is 0 Å². The van der Waals surface area contributed by atoms with Gasteiger partial charge in [-0.3, -0.25) is 4.79 Å². The molecule has 1 aromatic carbocycles. The number of carboxylic acid groups (broad SMARTS) is 1. The van der Waals surface area contributed by atoms with Crippen LogP contribution in [-0.2, 0) is 4.79 Å². The van der Waals surface area contributed by atoms with E-state index < -0.39 is 11.6 Å². The lowest BCUT2D eigenvalue weighted by Crippen LogP contribution is -2.45. The molecule has 0 aromatic heterocycles. The summed E-state index contributed by atoms with van der Waals surface area (Å²) >= 11 is 11.9. The molecule has 0 aliphatic heterocycles. The Morgan fingerprint density at radius 1 is 1.41 bits per heavy atom. The van der Waals surface area contributed by atoms with Crippen molar-refractivity contribution in [2.24, 2.45) is 0 Å². The first-order valence-corrected chi connectivity index (χ1v) is 6.13. The molecule has 5 heteroatoms. The lowest BCUT2D eigenvalue weighted by Gasteiger charge is -2.41. The molecule has 0 bridgehead atoms. The van der Waals surface area contributed by atoms with Crippen LogP contribution in [0.2, 0.25) is 10.0 Å². The van der Waals surface area contributed by atoms with Gasteiger partial charge in [0.05, 0.1) is 11.4 Å². The topological polar surface area (TPSA) is 46.5 Å². The van der Waals surface area contributed by atoms with E-state index in [1.165, 1.54) is 0 Å². The highest BCUT2D eigenvalue weighted by Gasteiger charge is 2.41. The van der Waals surface area contributed by atoms with Gasteiger partial charge in [0.1, 0.15) is 16.4 Å². The van der Waals surface area contributed by atoms with Crippen molar-refractivity contribution in [3.63, 3.8) is 0 Å². The molecule has 3 nitrogen and oxygen atoms in total. The Kier molecular flexibility index (Phi) is 3.50. The number of benzene rings is 1. The zero-order chi connectivity index (χ0) is 12.5. The molecule has 2 rings (SSSR count). The lowest BCUT2D eigenvalue weighted by atomic mass is 9.77. The number of carboxylic acids is 1. The van der Waals surface area contributed by atoms with Crippen LogP contribution in [0.1, 0.15) is 25.7 Å². The summed E-state index contributed by atoms with van der Waals surface area (Å²) in [5.41, 5.74) is -0.611. The number of rotatable bonds is 4. The Bertz CT molecular complexity index is 441. The van der Waals surface area contributed by atoms with Gasteiger partial charge in [-0.05, 0) is 31.4 Å². The third-order valence-electron chi connectivity index (χ3n) is 2.98. The van der Waals surface area contributed by atoms with Crippen molar-refractivity contribution in [3.05, 3.63) is 28.2 Å². The third kappa shape index (κ3) is 2.67. The summed E-state index contributed by atoms with van der Waals surface area (Å²) in [7, 11) is 0. The van der Waals surface area contributed by atoms with Gasteiger partial charge in [0.15, 0.2) is 0 Å². The highest BCUT2D eigenvalue weighted by atomic mass is 35.5. The van der Waals surface area contributed by atoms with Crippen molar-refractivity contribution in [2.75, 3.05) is 0 Å². The number of carbonyl (C=O) groups is 1. The first-order valence-electron chi connectivity index (χ1n) is 5.37. The summed E-state index contributed by atoms with van der Waals surface area (Å²) in [4.78, 5) is 10.8. The van der Waals surface area contributed by atoms with Gasteiger partial charge >= 0.3 is 5.97 Å². The molecule has 92 valence electrons. The molecule has 0 saturated heterocycles. The Labute approximate surface area is 109 Å². The SMILES string of the molecule is O=C(O)CC1(Oc2cccc(Cl)c2Cl)CCC1. The second-order valence-electron chi connectivity index (χ2n) is 4.26. The predicted octanol–water partition coefficient (Wildman–Crippen LogP) is 3.77. The Balaban J connectivity index is 2.18. The van der Waals surface area contributed by atoms with E-state index in [1.807, 2.05) is 0 Å². The minimum Gasteiger partial charge on any atom is -0.485 e. The van der Waals surface area contributed by atoms with Crippen LogP contribution in [0, 0.1) is 0 Å². The molecule has 1 aromatic rings. The van der Waals surface area contributed by atoms with E-state index in [-0.39, 0.29) is 6.42 Å². The predicted molar refractivity (Wildman–Crippen MR) is 65.9 cm³/mol. The van der Waals surface area contributed by atoms with E-state index in [9.17, 15) is 4.79 Å². The standard InChI is InChI=1S/C12H12Cl2O3/c13-8-3-1-4-9(11(8)14)17-12(5-2-6-12)7-10(15)16/h1,3-4H,2,5-7H2,(H,15,16). The molecular weight excluding hydrogens is 263 g/mol. The van der Waals surface area contributed by atoms with Crippen LogP contribution in [0.3, 0.4) is 0 Å². The Hall–Kier alpha value is -0.930. The smallest absolute Gasteiger partial charge is 0.307 e.